The fraction of sp³-hybridized carbons (Fsp3) is 0.348. The van der Waals surface area contributed by atoms with Gasteiger partial charge in [-0.3, -0.25) is 0 Å². The molecule has 7 nitrogen and oxygen atoms in total. The number of alkyl halides is 3. The highest BCUT2D eigenvalue weighted by Gasteiger charge is 2.54. The molecular weight excluding hydrogens is 469 g/mol. The van der Waals surface area contributed by atoms with Gasteiger partial charge in [-0.25, -0.2) is 13.4 Å². The minimum Gasteiger partial charge on any atom is -0.384 e. The number of nitrogens with zero attached hydrogens (tertiary/aromatic N) is 3. The van der Waals surface area contributed by atoms with Gasteiger partial charge in [0, 0.05) is 31.5 Å². The Labute approximate surface area is 196 Å². The zero-order chi connectivity index (χ0) is 25.1. The summed E-state index contributed by atoms with van der Waals surface area (Å²) >= 11 is 0. The van der Waals surface area contributed by atoms with Crippen LogP contribution in [-0.4, -0.2) is 54.7 Å². The van der Waals surface area contributed by atoms with Gasteiger partial charge in [0.25, 0.3) is 0 Å². The van der Waals surface area contributed by atoms with Gasteiger partial charge >= 0.3 is 6.18 Å². The quantitative estimate of drug-likeness (QED) is 0.622. The second kappa shape index (κ2) is 9.55. The molecule has 3 N–H and O–H groups in total. The molecule has 0 radical (unpaired) electrons. The Morgan fingerprint density at radius 2 is 1.88 bits per heavy atom. The summed E-state index contributed by atoms with van der Waals surface area (Å²) in [5, 5.41) is 10.2. The van der Waals surface area contributed by atoms with Crippen molar-refractivity contribution >= 4 is 21.5 Å². The number of halogens is 3. The highest BCUT2D eigenvalue weighted by molar-refractivity contribution is 7.89. The molecule has 1 aromatic carbocycles. The lowest BCUT2D eigenvalue weighted by molar-refractivity contribution is -0.264. The van der Waals surface area contributed by atoms with E-state index in [2.05, 4.69) is 16.8 Å². The van der Waals surface area contributed by atoms with Crippen LogP contribution in [0.2, 0.25) is 0 Å². The number of benzene rings is 1. The Morgan fingerprint density at radius 1 is 1.21 bits per heavy atom. The van der Waals surface area contributed by atoms with Crippen molar-refractivity contribution in [2.45, 2.75) is 36.1 Å². The first kappa shape index (κ1) is 25.4. The second-order valence-corrected chi connectivity index (χ2v) is 9.61. The lowest BCUT2D eigenvalue weighted by Crippen LogP contribution is -2.54. The van der Waals surface area contributed by atoms with Crippen molar-refractivity contribution in [2.24, 2.45) is 0 Å². The summed E-state index contributed by atoms with van der Waals surface area (Å²) in [6, 6.07) is 7.42. The Kier molecular flexibility index (Phi) is 7.13. The van der Waals surface area contributed by atoms with Crippen molar-refractivity contribution in [2.75, 3.05) is 30.3 Å². The summed E-state index contributed by atoms with van der Waals surface area (Å²) in [5.74, 6) is 7.81. The van der Waals surface area contributed by atoms with Gasteiger partial charge in [0.1, 0.15) is 16.8 Å². The van der Waals surface area contributed by atoms with E-state index in [1.807, 2.05) is 5.92 Å². The highest BCUT2D eigenvalue weighted by Crippen LogP contribution is 2.42. The molecule has 2 aromatic rings. The standard InChI is InChI=1S/C23H23F3N4O3S/c1-3-5-19-16-29(34(32,33)20-10-11-21(27)28-15-20)13-14-30(19)18-8-6-17(7-9-18)22(31,12-4-2)23(24,25)26/h2,6-11,15,19,31H,12-14,16H2,1H3,(H2,27,28)/t19-,22+/m0/s1. The molecule has 1 aromatic heterocycles. The van der Waals surface area contributed by atoms with Gasteiger partial charge in [0.2, 0.25) is 10.0 Å². The molecule has 0 bridgehead atoms. The van der Waals surface area contributed by atoms with Crippen LogP contribution >= 0.6 is 0 Å². The molecule has 1 saturated heterocycles. The van der Waals surface area contributed by atoms with Crippen LogP contribution in [0, 0.1) is 24.2 Å². The minimum atomic E-state index is -4.95. The molecule has 11 heteroatoms. The lowest BCUT2D eigenvalue weighted by atomic mass is 9.89. The third kappa shape index (κ3) is 4.82. The van der Waals surface area contributed by atoms with E-state index in [9.17, 15) is 26.7 Å². The average molecular weight is 493 g/mol. The van der Waals surface area contributed by atoms with Crippen molar-refractivity contribution in [3.63, 3.8) is 0 Å². The van der Waals surface area contributed by atoms with Gasteiger partial charge in [-0.15, -0.1) is 18.3 Å². The number of nitrogens with two attached hydrogens (primary N) is 1. The normalized spacial score (nSPS) is 18.9. The fourth-order valence-electron chi connectivity index (χ4n) is 3.71. The largest absolute Gasteiger partial charge is 0.422 e. The van der Waals surface area contributed by atoms with E-state index in [0.717, 1.165) is 0 Å². The molecule has 0 aliphatic carbocycles. The number of aliphatic hydroxyl groups is 1. The number of anilines is 2. The van der Waals surface area contributed by atoms with E-state index < -0.39 is 34.3 Å². The number of piperazine rings is 1. The molecule has 2 atom stereocenters. The SMILES string of the molecule is C#CC[C@@](O)(c1ccc(N2CCN(S(=O)(=O)c3ccc(N)nc3)C[C@@H]2C#CC)cc1)C(F)(F)F. The Bertz CT molecular complexity index is 1230. The molecule has 1 fully saturated rings. The van der Waals surface area contributed by atoms with Crippen LogP contribution < -0.4 is 10.6 Å². The topological polar surface area (TPSA) is 99.8 Å². The first-order valence-corrected chi connectivity index (χ1v) is 11.6. The molecule has 2 heterocycles. The van der Waals surface area contributed by atoms with Crippen molar-refractivity contribution < 1.29 is 26.7 Å². The van der Waals surface area contributed by atoms with Gasteiger partial charge in [-0.2, -0.15) is 17.5 Å². The monoisotopic (exact) mass is 492 g/mol. The maximum atomic E-state index is 13.5. The summed E-state index contributed by atoms with van der Waals surface area (Å²) in [4.78, 5) is 5.65. The van der Waals surface area contributed by atoms with E-state index in [1.54, 1.807) is 11.8 Å². The molecule has 0 amide bonds. The summed E-state index contributed by atoms with van der Waals surface area (Å²) in [6.45, 7) is 2.02. The van der Waals surface area contributed by atoms with Crippen LogP contribution in [0.25, 0.3) is 0 Å². The number of pyridine rings is 1. The number of aromatic nitrogens is 1. The summed E-state index contributed by atoms with van der Waals surface area (Å²) < 4.78 is 67.7. The first-order chi connectivity index (χ1) is 15.9. The molecule has 0 spiro atoms. The van der Waals surface area contributed by atoms with Crippen LogP contribution in [-0.2, 0) is 15.6 Å². The third-order valence-corrected chi connectivity index (χ3v) is 7.40. The van der Waals surface area contributed by atoms with E-state index in [4.69, 9.17) is 12.2 Å². The van der Waals surface area contributed by atoms with E-state index >= 15 is 0 Å². The smallest absolute Gasteiger partial charge is 0.384 e. The van der Waals surface area contributed by atoms with Gasteiger partial charge in [-0.1, -0.05) is 18.1 Å². The van der Waals surface area contributed by atoms with Gasteiger partial charge in [-0.05, 0) is 36.8 Å². The number of terminal acetylenes is 1. The Hall–Kier alpha value is -3.25. The van der Waals surface area contributed by atoms with Crippen molar-refractivity contribution in [3.8, 4) is 24.2 Å². The van der Waals surface area contributed by atoms with Crippen LogP contribution in [0.1, 0.15) is 18.9 Å². The number of hydrogen-bond donors (Lipinski definition) is 2. The van der Waals surface area contributed by atoms with Crippen LogP contribution in [0.3, 0.4) is 0 Å². The lowest BCUT2D eigenvalue weighted by Gasteiger charge is -2.40. The Balaban J connectivity index is 1.87. The van der Waals surface area contributed by atoms with Crippen molar-refractivity contribution in [3.05, 3.63) is 48.2 Å². The summed E-state index contributed by atoms with van der Waals surface area (Å²) in [6.07, 6.45) is 0.365. The molecule has 180 valence electrons. The van der Waals surface area contributed by atoms with E-state index in [-0.39, 0.29) is 35.9 Å². The molecular formula is C23H23F3N4O3S. The zero-order valence-corrected chi connectivity index (χ0v) is 19.1. The maximum Gasteiger partial charge on any atom is 0.422 e. The number of sulfonamides is 1. The predicted molar refractivity (Wildman–Crippen MR) is 122 cm³/mol. The third-order valence-electron chi connectivity index (χ3n) is 5.55. The molecule has 1 aliphatic rings. The van der Waals surface area contributed by atoms with Crippen LogP contribution in [0.15, 0.2) is 47.5 Å². The van der Waals surface area contributed by atoms with E-state index in [1.165, 1.54) is 46.9 Å². The molecule has 34 heavy (non-hydrogen) atoms. The maximum absolute atomic E-state index is 13.5. The zero-order valence-electron chi connectivity index (χ0n) is 18.2. The molecule has 3 rings (SSSR count). The number of hydrogen-bond acceptors (Lipinski definition) is 6. The van der Waals surface area contributed by atoms with Crippen LogP contribution in [0.4, 0.5) is 24.7 Å². The van der Waals surface area contributed by atoms with Crippen LogP contribution in [0.5, 0.6) is 0 Å². The fourth-order valence-corrected chi connectivity index (χ4v) is 5.09. The van der Waals surface area contributed by atoms with Crippen molar-refractivity contribution in [1.82, 2.24) is 9.29 Å². The molecule has 0 saturated carbocycles. The second-order valence-electron chi connectivity index (χ2n) is 7.67. The minimum absolute atomic E-state index is 0.00246. The van der Waals surface area contributed by atoms with Gasteiger partial charge < -0.3 is 15.7 Å². The Morgan fingerprint density at radius 3 is 2.41 bits per heavy atom. The predicted octanol–water partition coefficient (Wildman–Crippen LogP) is 2.34. The van der Waals surface area contributed by atoms with Gasteiger partial charge in [0.15, 0.2) is 5.60 Å². The van der Waals surface area contributed by atoms with E-state index in [0.29, 0.717) is 5.69 Å². The highest BCUT2D eigenvalue weighted by atomic mass is 32.2. The average Bonchev–Trinajstić information content (AvgIpc) is 2.79. The summed E-state index contributed by atoms with van der Waals surface area (Å²) in [5.41, 5.74) is 2.53. The van der Waals surface area contributed by atoms with Gasteiger partial charge in [0.05, 0.1) is 6.42 Å². The number of rotatable bonds is 5. The molecule has 1 aliphatic heterocycles. The number of nitrogen functional groups attached to an aromatic ring is 1. The first-order valence-electron chi connectivity index (χ1n) is 10.2. The summed E-state index contributed by atoms with van der Waals surface area (Å²) in [7, 11) is -3.84. The van der Waals surface area contributed by atoms with Crippen molar-refractivity contribution in [1.29, 1.82) is 0 Å². The molecule has 0 unspecified atom stereocenters.